The standard InChI is InChI=1S/C15H17BrClN3O/c1-9(12-5-4-6-13(17)7-12)18-14(21)8-20-11(3)15(16)10(2)19-20/h4-7,9H,8H2,1-3H3,(H,18,21)/t9-/m0/s1. The Bertz CT molecular complexity index is 669. The first-order valence-corrected chi connectivity index (χ1v) is 7.80. The van der Waals surface area contributed by atoms with Gasteiger partial charge in [-0.25, -0.2) is 0 Å². The van der Waals surface area contributed by atoms with Crippen LogP contribution in [0.5, 0.6) is 0 Å². The van der Waals surface area contributed by atoms with Crippen molar-refractivity contribution in [3.63, 3.8) is 0 Å². The molecule has 0 saturated carbocycles. The maximum absolute atomic E-state index is 12.1. The summed E-state index contributed by atoms with van der Waals surface area (Å²) in [5.74, 6) is -0.0828. The lowest BCUT2D eigenvalue weighted by molar-refractivity contribution is -0.122. The Labute approximate surface area is 137 Å². The maximum Gasteiger partial charge on any atom is 0.242 e. The van der Waals surface area contributed by atoms with E-state index in [0.29, 0.717) is 5.02 Å². The molecular formula is C15H17BrClN3O. The van der Waals surface area contributed by atoms with Crippen molar-refractivity contribution in [2.75, 3.05) is 0 Å². The molecule has 0 aliphatic rings. The first-order chi connectivity index (χ1) is 9.88. The number of halogens is 2. The van der Waals surface area contributed by atoms with Gasteiger partial charge in [0.1, 0.15) is 6.54 Å². The summed E-state index contributed by atoms with van der Waals surface area (Å²) >= 11 is 9.42. The van der Waals surface area contributed by atoms with Crippen LogP contribution in [0.4, 0.5) is 0 Å². The molecule has 1 atom stereocenters. The lowest BCUT2D eigenvalue weighted by atomic mass is 10.1. The molecule has 0 spiro atoms. The lowest BCUT2D eigenvalue weighted by Gasteiger charge is -2.15. The smallest absolute Gasteiger partial charge is 0.242 e. The molecule has 0 bridgehead atoms. The van der Waals surface area contributed by atoms with E-state index in [1.54, 1.807) is 4.68 Å². The minimum absolute atomic E-state index is 0.0828. The molecule has 1 aromatic carbocycles. The zero-order chi connectivity index (χ0) is 15.6. The highest BCUT2D eigenvalue weighted by Gasteiger charge is 2.14. The van der Waals surface area contributed by atoms with Crippen molar-refractivity contribution >= 4 is 33.4 Å². The monoisotopic (exact) mass is 369 g/mol. The van der Waals surface area contributed by atoms with Gasteiger partial charge >= 0.3 is 0 Å². The Balaban J connectivity index is 2.03. The second-order valence-corrected chi connectivity index (χ2v) is 6.22. The molecule has 2 rings (SSSR count). The number of hydrogen-bond acceptors (Lipinski definition) is 2. The number of aromatic nitrogens is 2. The maximum atomic E-state index is 12.1. The molecule has 1 amide bonds. The van der Waals surface area contributed by atoms with Crippen LogP contribution in [0.15, 0.2) is 28.7 Å². The highest BCUT2D eigenvalue weighted by Crippen LogP contribution is 2.20. The third-order valence-electron chi connectivity index (χ3n) is 3.31. The fourth-order valence-corrected chi connectivity index (χ4v) is 2.59. The van der Waals surface area contributed by atoms with Crippen molar-refractivity contribution in [2.24, 2.45) is 0 Å². The van der Waals surface area contributed by atoms with E-state index in [-0.39, 0.29) is 18.5 Å². The van der Waals surface area contributed by atoms with Crippen LogP contribution >= 0.6 is 27.5 Å². The molecular weight excluding hydrogens is 354 g/mol. The van der Waals surface area contributed by atoms with Gasteiger partial charge in [-0.2, -0.15) is 5.10 Å². The van der Waals surface area contributed by atoms with Crippen LogP contribution in [0.3, 0.4) is 0 Å². The van der Waals surface area contributed by atoms with Crippen molar-refractivity contribution in [2.45, 2.75) is 33.4 Å². The van der Waals surface area contributed by atoms with Gasteiger partial charge in [0, 0.05) is 5.02 Å². The summed E-state index contributed by atoms with van der Waals surface area (Å²) in [6, 6.07) is 7.38. The molecule has 1 aromatic heterocycles. The molecule has 2 aromatic rings. The first kappa shape index (κ1) is 16.0. The van der Waals surface area contributed by atoms with Gasteiger partial charge in [0.25, 0.3) is 0 Å². The van der Waals surface area contributed by atoms with Crippen LogP contribution in [-0.4, -0.2) is 15.7 Å². The Hall–Kier alpha value is -1.33. The number of nitrogens with one attached hydrogen (secondary N) is 1. The Morgan fingerprint density at radius 3 is 2.76 bits per heavy atom. The summed E-state index contributed by atoms with van der Waals surface area (Å²) in [6.45, 7) is 5.96. The van der Waals surface area contributed by atoms with Crippen molar-refractivity contribution in [3.8, 4) is 0 Å². The average Bonchev–Trinajstić information content (AvgIpc) is 2.66. The topological polar surface area (TPSA) is 46.9 Å². The van der Waals surface area contributed by atoms with Crippen LogP contribution in [-0.2, 0) is 11.3 Å². The van der Waals surface area contributed by atoms with Crippen molar-refractivity contribution in [1.29, 1.82) is 0 Å². The van der Waals surface area contributed by atoms with Gasteiger partial charge in [0.2, 0.25) is 5.91 Å². The minimum atomic E-state index is -0.100. The molecule has 0 aliphatic heterocycles. The summed E-state index contributed by atoms with van der Waals surface area (Å²) in [7, 11) is 0. The zero-order valence-electron chi connectivity index (χ0n) is 12.2. The van der Waals surface area contributed by atoms with Crippen molar-refractivity contribution in [3.05, 3.63) is 50.7 Å². The molecule has 0 saturated heterocycles. The molecule has 0 fully saturated rings. The van der Waals surface area contributed by atoms with Crippen molar-refractivity contribution in [1.82, 2.24) is 15.1 Å². The molecule has 0 radical (unpaired) electrons. The summed E-state index contributed by atoms with van der Waals surface area (Å²) in [6.07, 6.45) is 0. The van der Waals surface area contributed by atoms with E-state index in [9.17, 15) is 4.79 Å². The number of carbonyl (C=O) groups is 1. The van der Waals surface area contributed by atoms with Crippen LogP contribution in [0.2, 0.25) is 5.02 Å². The SMILES string of the molecule is Cc1nn(CC(=O)N[C@@H](C)c2cccc(Cl)c2)c(C)c1Br. The predicted octanol–water partition coefficient (Wildman–Crippen LogP) is 3.79. The van der Waals surface area contributed by atoms with E-state index in [0.717, 1.165) is 21.4 Å². The average molecular weight is 371 g/mol. The second-order valence-electron chi connectivity index (χ2n) is 4.99. The first-order valence-electron chi connectivity index (χ1n) is 6.63. The summed E-state index contributed by atoms with van der Waals surface area (Å²) in [5, 5.41) is 7.95. The van der Waals surface area contributed by atoms with E-state index >= 15 is 0 Å². The molecule has 1 heterocycles. The van der Waals surface area contributed by atoms with Crippen LogP contribution in [0.25, 0.3) is 0 Å². The summed E-state index contributed by atoms with van der Waals surface area (Å²) in [4.78, 5) is 12.1. The van der Waals surface area contributed by atoms with Gasteiger partial charge in [-0.05, 0) is 54.4 Å². The third kappa shape index (κ3) is 3.86. The molecule has 1 N–H and O–H groups in total. The predicted molar refractivity (Wildman–Crippen MR) is 87.4 cm³/mol. The fraction of sp³-hybridized carbons (Fsp3) is 0.333. The van der Waals surface area contributed by atoms with E-state index in [4.69, 9.17) is 11.6 Å². The number of rotatable bonds is 4. The van der Waals surface area contributed by atoms with Gasteiger partial charge in [0.15, 0.2) is 0 Å². The quantitative estimate of drug-likeness (QED) is 0.890. The number of benzene rings is 1. The van der Waals surface area contributed by atoms with Crippen LogP contribution < -0.4 is 5.32 Å². The molecule has 0 aliphatic carbocycles. The van der Waals surface area contributed by atoms with Gasteiger partial charge in [-0.15, -0.1) is 0 Å². The molecule has 4 nitrogen and oxygen atoms in total. The number of aryl methyl sites for hydroxylation is 1. The largest absolute Gasteiger partial charge is 0.348 e. The van der Waals surface area contributed by atoms with E-state index < -0.39 is 0 Å². The van der Waals surface area contributed by atoms with Crippen LogP contribution in [0, 0.1) is 13.8 Å². The minimum Gasteiger partial charge on any atom is -0.348 e. The number of hydrogen-bond donors (Lipinski definition) is 1. The van der Waals surface area contributed by atoms with Gasteiger partial charge < -0.3 is 5.32 Å². The fourth-order valence-electron chi connectivity index (χ4n) is 2.11. The van der Waals surface area contributed by atoms with Gasteiger partial charge in [-0.1, -0.05) is 23.7 Å². The Morgan fingerprint density at radius 2 is 2.19 bits per heavy atom. The third-order valence-corrected chi connectivity index (χ3v) is 4.70. The van der Waals surface area contributed by atoms with E-state index in [2.05, 4.69) is 26.3 Å². The van der Waals surface area contributed by atoms with E-state index in [1.165, 1.54) is 0 Å². The zero-order valence-corrected chi connectivity index (χ0v) is 14.5. The molecule has 0 unspecified atom stereocenters. The lowest BCUT2D eigenvalue weighted by Crippen LogP contribution is -2.30. The van der Waals surface area contributed by atoms with Gasteiger partial charge in [-0.3, -0.25) is 9.48 Å². The number of carbonyl (C=O) groups excluding carboxylic acids is 1. The Morgan fingerprint density at radius 1 is 1.48 bits per heavy atom. The van der Waals surface area contributed by atoms with Gasteiger partial charge in [0.05, 0.1) is 21.9 Å². The number of amides is 1. The van der Waals surface area contributed by atoms with E-state index in [1.807, 2.05) is 45.0 Å². The summed E-state index contributed by atoms with van der Waals surface area (Å²) < 4.78 is 2.64. The molecule has 21 heavy (non-hydrogen) atoms. The number of nitrogens with zero attached hydrogens (tertiary/aromatic N) is 2. The van der Waals surface area contributed by atoms with Crippen LogP contribution in [0.1, 0.15) is 29.9 Å². The van der Waals surface area contributed by atoms with Crippen molar-refractivity contribution < 1.29 is 4.79 Å². The normalized spacial score (nSPS) is 12.2. The molecule has 112 valence electrons. The Kier molecular flexibility index (Phi) is 5.06. The summed E-state index contributed by atoms with van der Waals surface area (Å²) in [5.41, 5.74) is 2.80. The highest BCUT2D eigenvalue weighted by molar-refractivity contribution is 9.10. The highest BCUT2D eigenvalue weighted by atomic mass is 79.9. The second kappa shape index (κ2) is 6.62. The molecule has 6 heteroatoms.